The summed E-state index contributed by atoms with van der Waals surface area (Å²) in [6.45, 7) is 0.289. The second-order valence-corrected chi connectivity index (χ2v) is 7.40. The van der Waals surface area contributed by atoms with Crippen LogP contribution >= 0.6 is 0 Å². The molecule has 0 unspecified atom stereocenters. The molecular formula is C13H21N5O2S. The lowest BCUT2D eigenvalue weighted by atomic mass is 9.95. The van der Waals surface area contributed by atoms with Crippen molar-refractivity contribution in [3.05, 3.63) is 0 Å². The van der Waals surface area contributed by atoms with Gasteiger partial charge in [0.15, 0.2) is 20.6 Å². The van der Waals surface area contributed by atoms with Crippen molar-refractivity contribution in [2.24, 2.45) is 0 Å². The van der Waals surface area contributed by atoms with Crippen LogP contribution in [0.3, 0.4) is 0 Å². The summed E-state index contributed by atoms with van der Waals surface area (Å²) in [4.78, 5) is 0.0472. The van der Waals surface area contributed by atoms with E-state index in [-0.39, 0.29) is 29.7 Å². The Labute approximate surface area is 125 Å². The van der Waals surface area contributed by atoms with Crippen molar-refractivity contribution in [2.45, 2.75) is 56.0 Å². The number of nitrogens with two attached hydrogens (primary N) is 1. The molecule has 0 bridgehead atoms. The summed E-state index contributed by atoms with van der Waals surface area (Å²) in [5, 5.41) is 16.1. The van der Waals surface area contributed by atoms with Crippen molar-refractivity contribution in [1.82, 2.24) is 9.78 Å². The van der Waals surface area contributed by atoms with Crippen molar-refractivity contribution < 1.29 is 8.42 Å². The summed E-state index contributed by atoms with van der Waals surface area (Å²) in [7, 11) is -3.47. The number of hydrogen-bond acceptors (Lipinski definition) is 6. The van der Waals surface area contributed by atoms with Crippen LogP contribution in [0.5, 0.6) is 0 Å². The van der Waals surface area contributed by atoms with Crippen LogP contribution in [0, 0.1) is 11.3 Å². The lowest BCUT2D eigenvalue weighted by Gasteiger charge is -2.22. The van der Waals surface area contributed by atoms with E-state index in [2.05, 4.69) is 10.4 Å². The van der Waals surface area contributed by atoms with Gasteiger partial charge in [0, 0.05) is 12.3 Å². The van der Waals surface area contributed by atoms with Gasteiger partial charge in [-0.05, 0) is 12.8 Å². The molecule has 3 N–H and O–H groups in total. The summed E-state index contributed by atoms with van der Waals surface area (Å²) in [5.74, 6) is 0.422. The fourth-order valence-electron chi connectivity index (χ4n) is 2.69. The third-order valence-electron chi connectivity index (χ3n) is 3.70. The standard InChI is InChI=1S/C13H21N5O2S/c1-21(19,20)11-12(15)18(9-5-8-14)17-13(11)16-10-6-3-2-4-7-10/h10H,2-7,9,15H2,1H3,(H,16,17). The molecule has 0 amide bonds. The molecule has 1 aromatic heterocycles. The summed E-state index contributed by atoms with van der Waals surface area (Å²) in [6.07, 6.45) is 6.87. The number of nitrogen functional groups attached to an aromatic ring is 1. The van der Waals surface area contributed by atoms with Gasteiger partial charge in [-0.1, -0.05) is 19.3 Å². The van der Waals surface area contributed by atoms with E-state index < -0.39 is 9.84 Å². The molecular weight excluding hydrogens is 290 g/mol. The zero-order valence-electron chi connectivity index (χ0n) is 12.2. The Morgan fingerprint density at radius 2 is 2.10 bits per heavy atom. The largest absolute Gasteiger partial charge is 0.383 e. The molecule has 1 heterocycles. The van der Waals surface area contributed by atoms with E-state index in [0.29, 0.717) is 5.82 Å². The molecule has 7 nitrogen and oxygen atoms in total. The second kappa shape index (κ2) is 6.35. The first-order chi connectivity index (χ1) is 9.93. The van der Waals surface area contributed by atoms with Gasteiger partial charge >= 0.3 is 0 Å². The van der Waals surface area contributed by atoms with Crippen LogP contribution in [-0.4, -0.2) is 30.5 Å². The number of rotatable bonds is 5. The molecule has 21 heavy (non-hydrogen) atoms. The fraction of sp³-hybridized carbons (Fsp3) is 0.692. The summed E-state index contributed by atoms with van der Waals surface area (Å²) in [5.41, 5.74) is 5.91. The minimum absolute atomic E-state index is 0.0472. The third-order valence-corrected chi connectivity index (χ3v) is 4.84. The van der Waals surface area contributed by atoms with Gasteiger partial charge < -0.3 is 11.1 Å². The van der Waals surface area contributed by atoms with E-state index in [0.717, 1.165) is 31.9 Å². The summed E-state index contributed by atoms with van der Waals surface area (Å²) in [6, 6.07) is 2.24. The van der Waals surface area contributed by atoms with Crippen LogP contribution < -0.4 is 11.1 Å². The summed E-state index contributed by atoms with van der Waals surface area (Å²) >= 11 is 0. The number of nitrogens with one attached hydrogen (secondary N) is 1. The minimum Gasteiger partial charge on any atom is -0.383 e. The van der Waals surface area contributed by atoms with Gasteiger partial charge in [-0.15, -0.1) is 0 Å². The number of aryl methyl sites for hydroxylation is 1. The lowest BCUT2D eigenvalue weighted by Crippen LogP contribution is -2.23. The number of hydrogen-bond donors (Lipinski definition) is 2. The number of nitrogens with zero attached hydrogens (tertiary/aromatic N) is 3. The molecule has 116 valence electrons. The first-order valence-corrected chi connectivity index (χ1v) is 9.02. The Kier molecular flexibility index (Phi) is 4.73. The van der Waals surface area contributed by atoms with Crippen LogP contribution in [0.1, 0.15) is 38.5 Å². The van der Waals surface area contributed by atoms with Gasteiger partial charge in [0.25, 0.3) is 0 Å². The molecule has 2 rings (SSSR count). The predicted molar refractivity (Wildman–Crippen MR) is 80.5 cm³/mol. The molecule has 8 heteroatoms. The van der Waals surface area contributed by atoms with Crippen molar-refractivity contribution in [3.63, 3.8) is 0 Å². The molecule has 1 aromatic rings. The van der Waals surface area contributed by atoms with Gasteiger partial charge in [0.1, 0.15) is 5.82 Å². The van der Waals surface area contributed by atoms with Crippen LogP contribution in [-0.2, 0) is 16.4 Å². The smallest absolute Gasteiger partial charge is 0.182 e. The zero-order chi connectivity index (χ0) is 15.5. The molecule has 0 aromatic carbocycles. The average molecular weight is 311 g/mol. The van der Waals surface area contributed by atoms with Crippen molar-refractivity contribution in [2.75, 3.05) is 17.3 Å². The minimum atomic E-state index is -3.47. The van der Waals surface area contributed by atoms with Gasteiger partial charge in [-0.2, -0.15) is 10.4 Å². The Balaban J connectivity index is 2.31. The van der Waals surface area contributed by atoms with Gasteiger partial charge in [-0.25, -0.2) is 13.1 Å². The maximum absolute atomic E-state index is 12.0. The van der Waals surface area contributed by atoms with E-state index >= 15 is 0 Å². The predicted octanol–water partition coefficient (Wildman–Crippen LogP) is 1.53. The van der Waals surface area contributed by atoms with E-state index in [9.17, 15) is 8.42 Å². The first-order valence-electron chi connectivity index (χ1n) is 7.13. The van der Waals surface area contributed by atoms with E-state index in [1.807, 2.05) is 6.07 Å². The molecule has 1 aliphatic carbocycles. The van der Waals surface area contributed by atoms with E-state index in [1.165, 1.54) is 11.1 Å². The molecule has 1 aliphatic rings. The molecule has 0 spiro atoms. The third kappa shape index (κ3) is 3.67. The van der Waals surface area contributed by atoms with Crippen LogP contribution in [0.15, 0.2) is 4.90 Å². The van der Waals surface area contributed by atoms with Gasteiger partial charge in [-0.3, -0.25) is 0 Å². The maximum Gasteiger partial charge on any atom is 0.182 e. The quantitative estimate of drug-likeness (QED) is 0.852. The lowest BCUT2D eigenvalue weighted by molar-refractivity contribution is 0.460. The van der Waals surface area contributed by atoms with Crippen LogP contribution in [0.4, 0.5) is 11.6 Å². The highest BCUT2D eigenvalue weighted by molar-refractivity contribution is 7.91. The normalized spacial score (nSPS) is 16.6. The monoisotopic (exact) mass is 311 g/mol. The van der Waals surface area contributed by atoms with Gasteiger partial charge in [0.05, 0.1) is 19.0 Å². The Morgan fingerprint density at radius 3 is 2.67 bits per heavy atom. The summed E-state index contributed by atoms with van der Waals surface area (Å²) < 4.78 is 25.3. The number of sulfone groups is 1. The average Bonchev–Trinajstić information content (AvgIpc) is 2.73. The molecule has 1 fully saturated rings. The molecule has 0 saturated heterocycles. The van der Waals surface area contributed by atoms with E-state index in [1.54, 1.807) is 0 Å². The first kappa shape index (κ1) is 15.6. The molecule has 0 atom stereocenters. The zero-order valence-corrected chi connectivity index (χ0v) is 13.0. The fourth-order valence-corrected chi connectivity index (χ4v) is 3.62. The Hall–Kier alpha value is -1.75. The topological polar surface area (TPSA) is 114 Å². The Bertz CT molecular complexity index is 638. The SMILES string of the molecule is CS(=O)(=O)c1c(NC2CCCCC2)nn(CCC#N)c1N. The van der Waals surface area contributed by atoms with Crippen LogP contribution in [0.2, 0.25) is 0 Å². The number of nitriles is 1. The number of aromatic nitrogens is 2. The molecule has 1 saturated carbocycles. The van der Waals surface area contributed by atoms with Gasteiger partial charge in [0.2, 0.25) is 0 Å². The number of anilines is 2. The highest BCUT2D eigenvalue weighted by atomic mass is 32.2. The Morgan fingerprint density at radius 1 is 1.43 bits per heavy atom. The maximum atomic E-state index is 12.0. The molecule has 0 radical (unpaired) electrons. The van der Waals surface area contributed by atoms with Crippen molar-refractivity contribution >= 4 is 21.5 Å². The van der Waals surface area contributed by atoms with Crippen LogP contribution in [0.25, 0.3) is 0 Å². The van der Waals surface area contributed by atoms with Crippen molar-refractivity contribution in [3.8, 4) is 6.07 Å². The second-order valence-electron chi connectivity index (χ2n) is 5.45. The molecule has 0 aliphatic heterocycles. The van der Waals surface area contributed by atoms with Crippen molar-refractivity contribution in [1.29, 1.82) is 5.26 Å². The highest BCUT2D eigenvalue weighted by Crippen LogP contribution is 2.30. The highest BCUT2D eigenvalue weighted by Gasteiger charge is 2.26. The van der Waals surface area contributed by atoms with E-state index in [4.69, 9.17) is 11.0 Å².